The number of hydrogen-bond donors (Lipinski definition) is 2. The SMILES string of the molecule is CCC(=O)Nc1nc2ncc(Br)cc2[nH]1. The molecule has 0 aliphatic carbocycles. The van der Waals surface area contributed by atoms with Gasteiger partial charge in [-0.25, -0.2) is 4.98 Å². The highest BCUT2D eigenvalue weighted by molar-refractivity contribution is 9.10. The van der Waals surface area contributed by atoms with Crippen molar-refractivity contribution in [1.82, 2.24) is 15.0 Å². The first-order valence-corrected chi connectivity index (χ1v) is 5.29. The lowest BCUT2D eigenvalue weighted by atomic mass is 10.4. The molecule has 6 heteroatoms. The zero-order valence-electron chi connectivity index (χ0n) is 8.04. The van der Waals surface area contributed by atoms with Gasteiger partial charge >= 0.3 is 0 Å². The zero-order chi connectivity index (χ0) is 10.8. The number of hydrogen-bond acceptors (Lipinski definition) is 3. The van der Waals surface area contributed by atoms with Crippen molar-refractivity contribution in [2.75, 3.05) is 5.32 Å². The molecule has 5 nitrogen and oxygen atoms in total. The third kappa shape index (κ3) is 2.15. The van der Waals surface area contributed by atoms with Gasteiger partial charge in [-0.1, -0.05) is 6.92 Å². The van der Waals surface area contributed by atoms with Crippen LogP contribution in [0, 0.1) is 0 Å². The third-order valence-corrected chi connectivity index (χ3v) is 2.32. The summed E-state index contributed by atoms with van der Waals surface area (Å²) in [5.74, 6) is 0.357. The lowest BCUT2D eigenvalue weighted by molar-refractivity contribution is -0.115. The maximum Gasteiger partial charge on any atom is 0.226 e. The Bertz CT molecular complexity index is 508. The number of imidazole rings is 1. The summed E-state index contributed by atoms with van der Waals surface area (Å²) in [7, 11) is 0. The second-order valence-corrected chi connectivity index (χ2v) is 3.93. The van der Waals surface area contributed by atoms with Crippen LogP contribution in [-0.4, -0.2) is 20.9 Å². The molecule has 1 amide bonds. The monoisotopic (exact) mass is 268 g/mol. The summed E-state index contributed by atoms with van der Waals surface area (Å²) < 4.78 is 0.868. The average molecular weight is 269 g/mol. The number of amides is 1. The van der Waals surface area contributed by atoms with Crippen molar-refractivity contribution in [2.24, 2.45) is 0 Å². The Morgan fingerprint density at radius 3 is 3.20 bits per heavy atom. The fourth-order valence-corrected chi connectivity index (χ4v) is 1.49. The largest absolute Gasteiger partial charge is 0.322 e. The second kappa shape index (κ2) is 3.98. The smallest absolute Gasteiger partial charge is 0.226 e. The zero-order valence-corrected chi connectivity index (χ0v) is 9.63. The molecule has 0 aromatic carbocycles. The molecule has 0 aliphatic heterocycles. The predicted molar refractivity (Wildman–Crippen MR) is 60.5 cm³/mol. The summed E-state index contributed by atoms with van der Waals surface area (Å²) in [6.07, 6.45) is 2.09. The third-order valence-electron chi connectivity index (χ3n) is 1.88. The quantitative estimate of drug-likeness (QED) is 0.876. The van der Waals surface area contributed by atoms with Crippen LogP contribution < -0.4 is 5.32 Å². The van der Waals surface area contributed by atoms with E-state index >= 15 is 0 Å². The van der Waals surface area contributed by atoms with Gasteiger partial charge in [-0.15, -0.1) is 0 Å². The van der Waals surface area contributed by atoms with Crippen LogP contribution >= 0.6 is 15.9 Å². The highest BCUT2D eigenvalue weighted by Crippen LogP contribution is 2.16. The molecule has 2 aromatic rings. The highest BCUT2D eigenvalue weighted by Gasteiger charge is 2.06. The molecule has 0 saturated heterocycles. The van der Waals surface area contributed by atoms with Crippen LogP contribution in [0.1, 0.15) is 13.3 Å². The number of rotatable bonds is 2. The minimum Gasteiger partial charge on any atom is -0.322 e. The number of pyridine rings is 1. The summed E-state index contributed by atoms with van der Waals surface area (Å²) in [6, 6.07) is 1.86. The lowest BCUT2D eigenvalue weighted by Crippen LogP contribution is -2.10. The number of H-pyrrole nitrogens is 1. The van der Waals surface area contributed by atoms with E-state index in [1.54, 1.807) is 13.1 Å². The van der Waals surface area contributed by atoms with Crippen LogP contribution in [-0.2, 0) is 4.79 Å². The fourth-order valence-electron chi connectivity index (χ4n) is 1.15. The Balaban J connectivity index is 2.34. The number of nitrogens with one attached hydrogen (secondary N) is 2. The van der Waals surface area contributed by atoms with Gasteiger partial charge in [-0.05, 0) is 22.0 Å². The van der Waals surface area contributed by atoms with E-state index in [0.29, 0.717) is 18.0 Å². The molecule has 0 fully saturated rings. The molecular weight excluding hydrogens is 260 g/mol. The lowest BCUT2D eigenvalue weighted by Gasteiger charge is -1.95. The maximum atomic E-state index is 11.1. The molecule has 0 unspecified atom stereocenters. The van der Waals surface area contributed by atoms with Crippen LogP contribution in [0.25, 0.3) is 11.2 Å². The number of carbonyl (C=O) groups is 1. The Kier molecular flexibility index (Phi) is 2.68. The summed E-state index contributed by atoms with van der Waals surface area (Å²) in [5, 5.41) is 2.64. The summed E-state index contributed by atoms with van der Waals surface area (Å²) in [4.78, 5) is 22.3. The first-order chi connectivity index (χ1) is 7.19. The summed E-state index contributed by atoms with van der Waals surface area (Å²) >= 11 is 3.31. The first kappa shape index (κ1) is 10.1. The van der Waals surface area contributed by atoms with Gasteiger partial charge in [0.1, 0.15) is 0 Å². The number of anilines is 1. The first-order valence-electron chi connectivity index (χ1n) is 4.50. The molecule has 2 aromatic heterocycles. The number of aromatic amines is 1. The van der Waals surface area contributed by atoms with Crippen molar-refractivity contribution in [3.8, 4) is 0 Å². The van der Waals surface area contributed by atoms with Gasteiger partial charge in [0.05, 0.1) is 5.52 Å². The van der Waals surface area contributed by atoms with Gasteiger partial charge in [0.25, 0.3) is 0 Å². The number of fused-ring (bicyclic) bond motifs is 1. The van der Waals surface area contributed by atoms with E-state index in [2.05, 4.69) is 36.2 Å². The van der Waals surface area contributed by atoms with Crippen LogP contribution in [0.5, 0.6) is 0 Å². The molecule has 2 rings (SSSR count). The molecule has 0 bridgehead atoms. The molecule has 0 spiro atoms. The van der Waals surface area contributed by atoms with Crippen molar-refractivity contribution < 1.29 is 4.79 Å². The highest BCUT2D eigenvalue weighted by atomic mass is 79.9. The van der Waals surface area contributed by atoms with Crippen molar-refractivity contribution in [3.63, 3.8) is 0 Å². The second-order valence-electron chi connectivity index (χ2n) is 3.01. The van der Waals surface area contributed by atoms with Crippen molar-refractivity contribution in [3.05, 3.63) is 16.7 Å². The standard InChI is InChI=1S/C9H9BrN4O/c1-2-7(15)13-9-12-6-3-5(10)4-11-8(6)14-9/h3-4H,2H2,1H3,(H2,11,12,13,14,15). The molecule has 0 radical (unpaired) electrons. The predicted octanol–water partition coefficient (Wildman–Crippen LogP) is 2.07. The van der Waals surface area contributed by atoms with E-state index in [1.165, 1.54) is 0 Å². The van der Waals surface area contributed by atoms with Crippen LogP contribution in [0.2, 0.25) is 0 Å². The molecule has 0 atom stereocenters. The molecule has 0 saturated carbocycles. The van der Waals surface area contributed by atoms with Crippen molar-refractivity contribution in [2.45, 2.75) is 13.3 Å². The average Bonchev–Trinajstić information content (AvgIpc) is 2.59. The minimum atomic E-state index is -0.0758. The topological polar surface area (TPSA) is 70.7 Å². The van der Waals surface area contributed by atoms with Crippen LogP contribution in [0.3, 0.4) is 0 Å². The molecular formula is C9H9BrN4O. The van der Waals surface area contributed by atoms with Gasteiger partial charge in [0.2, 0.25) is 11.9 Å². The van der Waals surface area contributed by atoms with E-state index in [0.717, 1.165) is 9.99 Å². The number of aromatic nitrogens is 3. The van der Waals surface area contributed by atoms with Gasteiger partial charge in [0.15, 0.2) is 5.65 Å². The summed E-state index contributed by atoms with van der Waals surface area (Å²) in [6.45, 7) is 1.78. The maximum absolute atomic E-state index is 11.1. The van der Waals surface area contributed by atoms with Gasteiger partial charge < -0.3 is 4.98 Å². The molecule has 78 valence electrons. The Labute approximate surface area is 94.4 Å². The van der Waals surface area contributed by atoms with E-state index < -0.39 is 0 Å². The Morgan fingerprint density at radius 2 is 2.47 bits per heavy atom. The Morgan fingerprint density at radius 1 is 1.67 bits per heavy atom. The van der Waals surface area contributed by atoms with E-state index in [9.17, 15) is 4.79 Å². The van der Waals surface area contributed by atoms with E-state index in [4.69, 9.17) is 0 Å². The van der Waals surface area contributed by atoms with Crippen molar-refractivity contribution in [1.29, 1.82) is 0 Å². The van der Waals surface area contributed by atoms with E-state index in [-0.39, 0.29) is 5.91 Å². The van der Waals surface area contributed by atoms with Gasteiger partial charge in [-0.3, -0.25) is 10.1 Å². The molecule has 0 aliphatic rings. The van der Waals surface area contributed by atoms with Gasteiger partial charge in [0, 0.05) is 17.1 Å². The summed E-state index contributed by atoms with van der Waals surface area (Å²) in [5.41, 5.74) is 1.38. The van der Waals surface area contributed by atoms with Crippen molar-refractivity contribution >= 4 is 38.9 Å². The number of carbonyl (C=O) groups excluding carboxylic acids is 1. The minimum absolute atomic E-state index is 0.0758. The molecule has 15 heavy (non-hydrogen) atoms. The Hall–Kier alpha value is -1.43. The van der Waals surface area contributed by atoms with Crippen LogP contribution in [0.4, 0.5) is 5.95 Å². The van der Waals surface area contributed by atoms with Gasteiger partial charge in [-0.2, -0.15) is 4.98 Å². The molecule has 2 heterocycles. The number of nitrogens with zero attached hydrogens (tertiary/aromatic N) is 2. The normalized spacial score (nSPS) is 10.5. The fraction of sp³-hybridized carbons (Fsp3) is 0.222. The van der Waals surface area contributed by atoms with Crippen LogP contribution in [0.15, 0.2) is 16.7 Å². The molecule has 2 N–H and O–H groups in total. The number of halogens is 1. The van der Waals surface area contributed by atoms with E-state index in [1.807, 2.05) is 6.07 Å².